The number of aryl methyl sites for hydroxylation is 1. The van der Waals surface area contributed by atoms with Gasteiger partial charge in [-0.05, 0) is 44.4 Å². The molecule has 4 heteroatoms. The fraction of sp³-hybridized carbons (Fsp3) is 0.533. The molecule has 1 aromatic carbocycles. The molecule has 0 fully saturated rings. The molecule has 1 unspecified atom stereocenters. The lowest BCUT2D eigenvalue weighted by molar-refractivity contribution is -0.151. The van der Waals surface area contributed by atoms with Crippen molar-refractivity contribution in [2.45, 2.75) is 46.3 Å². The lowest BCUT2D eigenvalue weighted by Gasteiger charge is -2.18. The van der Waals surface area contributed by atoms with Gasteiger partial charge < -0.3 is 15.2 Å². The van der Waals surface area contributed by atoms with E-state index >= 15 is 0 Å². The molecule has 2 N–H and O–H groups in total. The lowest BCUT2D eigenvalue weighted by atomic mass is 10.1. The highest BCUT2D eigenvalue weighted by atomic mass is 16.6. The van der Waals surface area contributed by atoms with E-state index in [2.05, 4.69) is 0 Å². The molecular weight excluding hydrogens is 242 g/mol. The van der Waals surface area contributed by atoms with Gasteiger partial charge in [-0.1, -0.05) is 19.1 Å². The minimum atomic E-state index is -0.556. The first-order valence-electron chi connectivity index (χ1n) is 6.69. The van der Waals surface area contributed by atoms with Crippen molar-refractivity contribution in [3.05, 3.63) is 29.3 Å². The number of carbonyl (C=O) groups is 1. The average Bonchev–Trinajstić information content (AvgIpc) is 2.37. The molecule has 0 radical (unpaired) electrons. The first-order chi connectivity index (χ1) is 8.99. The van der Waals surface area contributed by atoms with E-state index in [1.807, 2.05) is 39.0 Å². The Morgan fingerprint density at radius 2 is 2.05 bits per heavy atom. The number of carbonyl (C=O) groups excluding carboxylic acids is 1. The minimum Gasteiger partial charge on any atom is -0.478 e. The fourth-order valence-corrected chi connectivity index (χ4v) is 1.77. The number of hydrogen-bond acceptors (Lipinski definition) is 4. The zero-order valence-corrected chi connectivity index (χ0v) is 12.1. The Morgan fingerprint density at radius 1 is 1.37 bits per heavy atom. The van der Waals surface area contributed by atoms with E-state index in [1.165, 1.54) is 0 Å². The van der Waals surface area contributed by atoms with E-state index in [0.717, 1.165) is 11.1 Å². The summed E-state index contributed by atoms with van der Waals surface area (Å²) in [5.41, 5.74) is 7.85. The van der Waals surface area contributed by atoms with Crippen LogP contribution in [0.5, 0.6) is 5.75 Å². The molecule has 0 spiro atoms. The molecule has 0 heterocycles. The van der Waals surface area contributed by atoms with Crippen LogP contribution in [0, 0.1) is 6.92 Å². The van der Waals surface area contributed by atoms with Gasteiger partial charge >= 0.3 is 5.97 Å². The van der Waals surface area contributed by atoms with Gasteiger partial charge in [-0.2, -0.15) is 0 Å². The minimum absolute atomic E-state index is 0.0141. The maximum atomic E-state index is 11.7. The van der Waals surface area contributed by atoms with Crippen LogP contribution in [-0.4, -0.2) is 18.7 Å². The summed E-state index contributed by atoms with van der Waals surface area (Å²) in [5, 5.41) is 0. The predicted octanol–water partition coefficient (Wildman–Crippen LogP) is 2.74. The topological polar surface area (TPSA) is 61.5 Å². The number of hydrogen-bond donors (Lipinski definition) is 1. The molecule has 4 nitrogen and oxygen atoms in total. The van der Waals surface area contributed by atoms with Crippen LogP contribution in [0.25, 0.3) is 0 Å². The maximum Gasteiger partial charge on any atom is 0.347 e. The Hall–Kier alpha value is -1.55. The molecule has 0 saturated heterocycles. The molecule has 0 amide bonds. The highest BCUT2D eigenvalue weighted by Crippen LogP contribution is 2.23. The highest BCUT2D eigenvalue weighted by molar-refractivity contribution is 5.75. The Balaban J connectivity index is 2.83. The SMILES string of the molecule is CCOC(=O)C(CC)Oc1ccc([C@@H](C)N)cc1C. The van der Waals surface area contributed by atoms with Crippen LogP contribution < -0.4 is 10.5 Å². The smallest absolute Gasteiger partial charge is 0.347 e. The van der Waals surface area contributed by atoms with Crippen LogP contribution in [0.3, 0.4) is 0 Å². The summed E-state index contributed by atoms with van der Waals surface area (Å²) < 4.78 is 10.7. The van der Waals surface area contributed by atoms with Gasteiger partial charge in [-0.25, -0.2) is 4.79 Å². The lowest BCUT2D eigenvalue weighted by Crippen LogP contribution is -2.29. The summed E-state index contributed by atoms with van der Waals surface area (Å²) >= 11 is 0. The molecule has 1 aromatic rings. The number of esters is 1. The average molecular weight is 265 g/mol. The second-order valence-electron chi connectivity index (χ2n) is 4.58. The third-order valence-electron chi connectivity index (χ3n) is 2.91. The van der Waals surface area contributed by atoms with E-state index in [0.29, 0.717) is 18.8 Å². The Kier molecular flexibility index (Phi) is 5.83. The molecule has 19 heavy (non-hydrogen) atoms. The Bertz CT molecular complexity index is 429. The number of rotatable bonds is 6. The molecule has 0 aliphatic heterocycles. The zero-order chi connectivity index (χ0) is 14.4. The van der Waals surface area contributed by atoms with Crippen LogP contribution in [0.2, 0.25) is 0 Å². The predicted molar refractivity (Wildman–Crippen MR) is 75.1 cm³/mol. The van der Waals surface area contributed by atoms with Crippen molar-refractivity contribution in [1.82, 2.24) is 0 Å². The van der Waals surface area contributed by atoms with Crippen LogP contribution in [0.1, 0.15) is 44.4 Å². The molecule has 0 aliphatic carbocycles. The van der Waals surface area contributed by atoms with Gasteiger partial charge in [0.25, 0.3) is 0 Å². The largest absolute Gasteiger partial charge is 0.478 e. The summed E-state index contributed by atoms with van der Waals surface area (Å²) in [6.45, 7) is 7.92. The van der Waals surface area contributed by atoms with Crippen molar-refractivity contribution in [1.29, 1.82) is 0 Å². The summed E-state index contributed by atoms with van der Waals surface area (Å²) in [7, 11) is 0. The summed E-state index contributed by atoms with van der Waals surface area (Å²) in [4.78, 5) is 11.7. The highest BCUT2D eigenvalue weighted by Gasteiger charge is 2.20. The van der Waals surface area contributed by atoms with Crippen LogP contribution in [0.15, 0.2) is 18.2 Å². The van der Waals surface area contributed by atoms with Crippen molar-refractivity contribution in [3.8, 4) is 5.75 Å². The van der Waals surface area contributed by atoms with Gasteiger partial charge in [-0.15, -0.1) is 0 Å². The molecular formula is C15H23NO3. The maximum absolute atomic E-state index is 11.7. The van der Waals surface area contributed by atoms with Gasteiger partial charge in [0.2, 0.25) is 0 Å². The van der Waals surface area contributed by atoms with Crippen molar-refractivity contribution in [2.24, 2.45) is 5.73 Å². The third-order valence-corrected chi connectivity index (χ3v) is 2.91. The Labute approximate surface area is 114 Å². The quantitative estimate of drug-likeness (QED) is 0.803. The molecule has 0 aromatic heterocycles. The fourth-order valence-electron chi connectivity index (χ4n) is 1.77. The molecule has 0 bridgehead atoms. The second kappa shape index (κ2) is 7.14. The van der Waals surface area contributed by atoms with Crippen molar-refractivity contribution in [3.63, 3.8) is 0 Å². The van der Waals surface area contributed by atoms with Gasteiger partial charge in [0.15, 0.2) is 6.10 Å². The molecule has 0 aliphatic rings. The standard InChI is InChI=1S/C15H23NO3/c1-5-13(15(17)18-6-2)19-14-8-7-12(11(4)16)9-10(14)3/h7-9,11,13H,5-6,16H2,1-4H3/t11-,13?/m1/s1. The van der Waals surface area contributed by atoms with Gasteiger partial charge in [-0.3, -0.25) is 0 Å². The summed E-state index contributed by atoms with van der Waals surface area (Å²) in [5.74, 6) is 0.380. The number of ether oxygens (including phenoxy) is 2. The third kappa shape index (κ3) is 4.24. The van der Waals surface area contributed by atoms with Crippen molar-refractivity contribution >= 4 is 5.97 Å². The van der Waals surface area contributed by atoms with E-state index in [1.54, 1.807) is 6.92 Å². The van der Waals surface area contributed by atoms with Gasteiger partial charge in [0, 0.05) is 6.04 Å². The van der Waals surface area contributed by atoms with Crippen LogP contribution in [-0.2, 0) is 9.53 Å². The van der Waals surface area contributed by atoms with Gasteiger partial charge in [0.05, 0.1) is 6.61 Å². The van der Waals surface area contributed by atoms with E-state index in [4.69, 9.17) is 15.2 Å². The number of nitrogens with two attached hydrogens (primary N) is 1. The van der Waals surface area contributed by atoms with Crippen molar-refractivity contribution in [2.75, 3.05) is 6.61 Å². The summed E-state index contributed by atoms with van der Waals surface area (Å²) in [6, 6.07) is 5.75. The number of benzene rings is 1. The first kappa shape index (κ1) is 15.5. The second-order valence-corrected chi connectivity index (χ2v) is 4.58. The normalized spacial score (nSPS) is 13.7. The molecule has 1 rings (SSSR count). The van der Waals surface area contributed by atoms with Crippen LogP contribution in [0.4, 0.5) is 0 Å². The first-order valence-corrected chi connectivity index (χ1v) is 6.69. The van der Waals surface area contributed by atoms with Crippen LogP contribution >= 0.6 is 0 Å². The van der Waals surface area contributed by atoms with Crippen molar-refractivity contribution < 1.29 is 14.3 Å². The molecule has 0 saturated carbocycles. The van der Waals surface area contributed by atoms with E-state index in [9.17, 15) is 4.79 Å². The van der Waals surface area contributed by atoms with E-state index in [-0.39, 0.29) is 12.0 Å². The monoisotopic (exact) mass is 265 g/mol. The summed E-state index contributed by atoms with van der Waals surface area (Å²) in [6.07, 6.45) is 0.0210. The van der Waals surface area contributed by atoms with E-state index < -0.39 is 6.10 Å². The molecule has 106 valence electrons. The zero-order valence-electron chi connectivity index (χ0n) is 12.1. The van der Waals surface area contributed by atoms with Gasteiger partial charge in [0.1, 0.15) is 5.75 Å². The molecule has 2 atom stereocenters. The Morgan fingerprint density at radius 3 is 2.53 bits per heavy atom.